The topological polar surface area (TPSA) is 81.4 Å². The van der Waals surface area contributed by atoms with Crippen LogP contribution in [-0.2, 0) is 9.53 Å². The summed E-state index contributed by atoms with van der Waals surface area (Å²) >= 11 is 0. The molecule has 1 amide bonds. The molecule has 6 heteroatoms. The van der Waals surface area contributed by atoms with Crippen molar-refractivity contribution >= 4 is 11.9 Å². The molecule has 0 fully saturated rings. The number of nitrogens with zero attached hydrogens (tertiary/aromatic N) is 1. The van der Waals surface area contributed by atoms with Crippen LogP contribution in [0.4, 0.5) is 0 Å². The van der Waals surface area contributed by atoms with E-state index in [1.807, 2.05) is 0 Å². The maximum Gasteiger partial charge on any atom is 0.325 e. The molecule has 0 spiro atoms. The maximum atomic E-state index is 11.5. The summed E-state index contributed by atoms with van der Waals surface area (Å²) < 4.78 is 9.21. The molecule has 1 N–H and O–H groups in total. The van der Waals surface area contributed by atoms with E-state index in [1.54, 1.807) is 13.8 Å². The van der Waals surface area contributed by atoms with Gasteiger partial charge >= 0.3 is 5.97 Å². The first kappa shape index (κ1) is 11.2. The van der Waals surface area contributed by atoms with E-state index in [1.165, 1.54) is 7.11 Å². The quantitative estimate of drug-likeness (QED) is 0.723. The van der Waals surface area contributed by atoms with Crippen molar-refractivity contribution < 1.29 is 18.8 Å². The Hall–Kier alpha value is -1.85. The summed E-state index contributed by atoms with van der Waals surface area (Å²) in [5.41, 5.74) is 0.855. The fourth-order valence-electron chi connectivity index (χ4n) is 1.12. The van der Waals surface area contributed by atoms with E-state index in [-0.39, 0.29) is 6.54 Å². The zero-order valence-corrected chi connectivity index (χ0v) is 8.79. The van der Waals surface area contributed by atoms with Crippen LogP contribution in [0, 0.1) is 13.8 Å². The molecule has 0 aliphatic heterocycles. The van der Waals surface area contributed by atoms with Gasteiger partial charge in [0.05, 0.1) is 12.8 Å². The highest BCUT2D eigenvalue weighted by atomic mass is 16.5. The van der Waals surface area contributed by atoms with Crippen LogP contribution in [0.1, 0.15) is 21.8 Å². The fourth-order valence-corrected chi connectivity index (χ4v) is 1.12. The summed E-state index contributed by atoms with van der Waals surface area (Å²) in [6.07, 6.45) is 0. The van der Waals surface area contributed by atoms with E-state index in [9.17, 15) is 9.59 Å². The highest BCUT2D eigenvalue weighted by molar-refractivity contribution is 5.97. The van der Waals surface area contributed by atoms with Gasteiger partial charge in [-0.3, -0.25) is 9.59 Å². The summed E-state index contributed by atoms with van der Waals surface area (Å²) in [5, 5.41) is 6.04. The lowest BCUT2D eigenvalue weighted by molar-refractivity contribution is -0.139. The van der Waals surface area contributed by atoms with Crippen molar-refractivity contribution in [2.45, 2.75) is 13.8 Å². The van der Waals surface area contributed by atoms with Crippen molar-refractivity contribution in [3.8, 4) is 0 Å². The van der Waals surface area contributed by atoms with Crippen molar-refractivity contribution in [1.82, 2.24) is 10.5 Å². The van der Waals surface area contributed by atoms with E-state index < -0.39 is 11.9 Å². The Labute approximate surface area is 86.6 Å². The first-order chi connectivity index (χ1) is 7.06. The highest BCUT2D eigenvalue weighted by Crippen LogP contribution is 2.11. The van der Waals surface area contributed by atoms with Crippen LogP contribution in [0.5, 0.6) is 0 Å². The monoisotopic (exact) mass is 212 g/mol. The number of esters is 1. The van der Waals surface area contributed by atoms with Gasteiger partial charge in [-0.05, 0) is 13.8 Å². The van der Waals surface area contributed by atoms with Crippen molar-refractivity contribution in [1.29, 1.82) is 0 Å². The molecule has 82 valence electrons. The van der Waals surface area contributed by atoms with Crippen LogP contribution in [0.2, 0.25) is 0 Å². The largest absolute Gasteiger partial charge is 0.468 e. The Balaban J connectivity index is 2.66. The molecule has 0 unspecified atom stereocenters. The molecule has 0 radical (unpaired) electrons. The third-order valence-electron chi connectivity index (χ3n) is 1.88. The van der Waals surface area contributed by atoms with Crippen molar-refractivity contribution in [3.63, 3.8) is 0 Å². The molecule has 0 atom stereocenters. The van der Waals surface area contributed by atoms with Gasteiger partial charge < -0.3 is 14.6 Å². The van der Waals surface area contributed by atoms with Gasteiger partial charge in [0.1, 0.15) is 17.9 Å². The third-order valence-corrected chi connectivity index (χ3v) is 1.88. The average molecular weight is 212 g/mol. The molecule has 0 aliphatic rings. The molecule has 0 saturated carbocycles. The van der Waals surface area contributed by atoms with Crippen LogP contribution in [0.25, 0.3) is 0 Å². The molecule has 0 saturated heterocycles. The number of amides is 1. The summed E-state index contributed by atoms with van der Waals surface area (Å²) in [7, 11) is 1.25. The predicted molar refractivity (Wildman–Crippen MR) is 50.3 cm³/mol. The number of aryl methyl sites for hydroxylation is 2. The molecular formula is C9H12N2O4. The van der Waals surface area contributed by atoms with Crippen LogP contribution >= 0.6 is 0 Å². The number of hydrogen-bond acceptors (Lipinski definition) is 5. The average Bonchev–Trinajstić information content (AvgIpc) is 2.54. The Kier molecular flexibility index (Phi) is 3.43. The second-order valence-corrected chi connectivity index (χ2v) is 2.96. The van der Waals surface area contributed by atoms with E-state index in [0.29, 0.717) is 17.0 Å². The van der Waals surface area contributed by atoms with Gasteiger partial charge in [-0.2, -0.15) is 0 Å². The van der Waals surface area contributed by atoms with Gasteiger partial charge in [-0.15, -0.1) is 0 Å². The maximum absolute atomic E-state index is 11.5. The third kappa shape index (κ3) is 2.55. The van der Waals surface area contributed by atoms with Gasteiger partial charge in [0.25, 0.3) is 5.91 Å². The lowest BCUT2D eigenvalue weighted by atomic mass is 10.2. The molecule has 0 aliphatic carbocycles. The summed E-state index contributed by atoms with van der Waals surface area (Å²) in [6.45, 7) is 3.12. The van der Waals surface area contributed by atoms with Crippen LogP contribution in [-0.4, -0.2) is 30.7 Å². The Bertz CT molecular complexity index is 364. The number of nitrogens with one attached hydrogen (secondary N) is 1. The molecule has 1 heterocycles. The number of rotatable bonds is 3. The number of methoxy groups -OCH3 is 1. The van der Waals surface area contributed by atoms with E-state index >= 15 is 0 Å². The van der Waals surface area contributed by atoms with Crippen LogP contribution in [0.3, 0.4) is 0 Å². The van der Waals surface area contributed by atoms with E-state index in [4.69, 9.17) is 4.52 Å². The summed E-state index contributed by atoms with van der Waals surface area (Å²) in [5.74, 6) is -0.471. The first-order valence-corrected chi connectivity index (χ1v) is 4.34. The van der Waals surface area contributed by atoms with Gasteiger partial charge in [-0.1, -0.05) is 5.16 Å². The van der Waals surface area contributed by atoms with Gasteiger partial charge in [0.2, 0.25) is 0 Å². The molecule has 1 rings (SSSR count). The Morgan fingerprint density at radius 2 is 2.13 bits per heavy atom. The minimum absolute atomic E-state index is 0.167. The second-order valence-electron chi connectivity index (χ2n) is 2.96. The van der Waals surface area contributed by atoms with Crippen molar-refractivity contribution in [2.24, 2.45) is 0 Å². The number of carbonyl (C=O) groups excluding carboxylic acids is 2. The molecule has 15 heavy (non-hydrogen) atoms. The number of ether oxygens (including phenoxy) is 1. The molecule has 0 bridgehead atoms. The first-order valence-electron chi connectivity index (χ1n) is 4.34. The molecule has 0 aromatic carbocycles. The Morgan fingerprint density at radius 3 is 2.60 bits per heavy atom. The molecular weight excluding hydrogens is 200 g/mol. The zero-order chi connectivity index (χ0) is 11.4. The lowest BCUT2D eigenvalue weighted by Crippen LogP contribution is -2.30. The standard InChI is InChI=1S/C9H12N2O4/c1-5-8(6(2)15-11-5)9(13)10-4-7(12)14-3/h4H2,1-3H3,(H,10,13). The smallest absolute Gasteiger partial charge is 0.325 e. The number of carbonyl (C=O) groups is 2. The minimum Gasteiger partial charge on any atom is -0.468 e. The zero-order valence-electron chi connectivity index (χ0n) is 8.79. The summed E-state index contributed by atoms with van der Waals surface area (Å²) in [4.78, 5) is 22.3. The lowest BCUT2D eigenvalue weighted by Gasteiger charge is -2.02. The SMILES string of the molecule is COC(=O)CNC(=O)c1c(C)noc1C. The van der Waals surface area contributed by atoms with E-state index in [0.717, 1.165) is 0 Å². The molecule has 6 nitrogen and oxygen atoms in total. The highest BCUT2D eigenvalue weighted by Gasteiger charge is 2.17. The molecule has 1 aromatic rings. The van der Waals surface area contributed by atoms with Crippen LogP contribution < -0.4 is 5.32 Å². The van der Waals surface area contributed by atoms with Gasteiger partial charge in [-0.25, -0.2) is 0 Å². The normalized spacial score (nSPS) is 9.80. The van der Waals surface area contributed by atoms with Gasteiger partial charge in [0.15, 0.2) is 0 Å². The second kappa shape index (κ2) is 4.59. The van der Waals surface area contributed by atoms with E-state index in [2.05, 4.69) is 15.2 Å². The molecule has 1 aromatic heterocycles. The predicted octanol–water partition coefficient (Wildman–Crippen LogP) is 0.194. The minimum atomic E-state index is -0.505. The van der Waals surface area contributed by atoms with Crippen molar-refractivity contribution in [2.75, 3.05) is 13.7 Å². The van der Waals surface area contributed by atoms with Gasteiger partial charge in [0, 0.05) is 0 Å². The number of hydrogen-bond donors (Lipinski definition) is 1. The van der Waals surface area contributed by atoms with Crippen molar-refractivity contribution in [3.05, 3.63) is 17.0 Å². The van der Waals surface area contributed by atoms with Crippen LogP contribution in [0.15, 0.2) is 4.52 Å². The fraction of sp³-hybridized carbons (Fsp3) is 0.444. The number of aromatic nitrogens is 1. The Morgan fingerprint density at radius 1 is 1.47 bits per heavy atom. The summed E-state index contributed by atoms with van der Waals surface area (Å²) in [6, 6.07) is 0.